The van der Waals surface area contributed by atoms with Crippen LogP contribution in [0.5, 0.6) is 5.75 Å². The lowest BCUT2D eigenvalue weighted by molar-refractivity contribution is 0.410. The average molecular weight is 377 g/mol. The van der Waals surface area contributed by atoms with Crippen molar-refractivity contribution in [1.29, 1.82) is 0 Å². The largest absolute Gasteiger partial charge is 0.497 e. The smallest absolute Gasteiger partial charge is 0.131 e. The van der Waals surface area contributed by atoms with E-state index in [1.165, 1.54) is 13.2 Å². The normalized spacial score (nSPS) is 12.2. The van der Waals surface area contributed by atoms with Crippen molar-refractivity contribution in [2.45, 2.75) is 5.38 Å². The molecule has 0 aliphatic heterocycles. The molecule has 94 valence electrons. The van der Waals surface area contributed by atoms with Crippen LogP contribution in [0.3, 0.4) is 0 Å². The van der Waals surface area contributed by atoms with Gasteiger partial charge in [0.15, 0.2) is 0 Å². The summed E-state index contributed by atoms with van der Waals surface area (Å²) in [6, 6.07) is 12.4. The van der Waals surface area contributed by atoms with Crippen LogP contribution in [0, 0.1) is 9.39 Å². The molecule has 0 bridgehead atoms. The van der Waals surface area contributed by atoms with Gasteiger partial charge in [0.2, 0.25) is 0 Å². The van der Waals surface area contributed by atoms with Crippen LogP contribution in [0.4, 0.5) is 4.39 Å². The lowest BCUT2D eigenvalue weighted by atomic mass is 10.0. The summed E-state index contributed by atoms with van der Waals surface area (Å²) in [6.07, 6.45) is 0. The van der Waals surface area contributed by atoms with Gasteiger partial charge >= 0.3 is 0 Å². The van der Waals surface area contributed by atoms with E-state index in [1.54, 1.807) is 12.1 Å². The zero-order valence-electron chi connectivity index (χ0n) is 9.66. The van der Waals surface area contributed by atoms with E-state index in [1.807, 2.05) is 24.3 Å². The van der Waals surface area contributed by atoms with E-state index >= 15 is 0 Å². The van der Waals surface area contributed by atoms with Gasteiger partial charge in [-0.2, -0.15) is 0 Å². The minimum absolute atomic E-state index is 0.354. The Morgan fingerprint density at radius 1 is 1.22 bits per heavy atom. The molecule has 1 nitrogen and oxygen atoms in total. The van der Waals surface area contributed by atoms with Crippen molar-refractivity contribution < 1.29 is 9.13 Å². The first-order valence-electron chi connectivity index (χ1n) is 5.35. The first kappa shape index (κ1) is 13.6. The molecule has 0 fully saturated rings. The molecule has 0 aliphatic rings. The number of rotatable bonds is 3. The lowest BCUT2D eigenvalue weighted by Gasteiger charge is -2.12. The molecule has 0 heterocycles. The highest BCUT2D eigenvalue weighted by molar-refractivity contribution is 14.1. The van der Waals surface area contributed by atoms with Crippen LogP contribution in [0.15, 0.2) is 42.5 Å². The number of alkyl halides is 1. The minimum Gasteiger partial charge on any atom is -0.497 e. The molecular formula is C14H11ClFIO. The Balaban J connectivity index is 2.37. The van der Waals surface area contributed by atoms with Gasteiger partial charge in [0, 0.05) is 15.2 Å². The topological polar surface area (TPSA) is 9.23 Å². The molecule has 0 spiro atoms. The van der Waals surface area contributed by atoms with Crippen molar-refractivity contribution in [3.05, 3.63) is 63.0 Å². The maximum atomic E-state index is 13.9. The van der Waals surface area contributed by atoms with E-state index in [0.717, 1.165) is 9.13 Å². The maximum Gasteiger partial charge on any atom is 0.131 e. The molecule has 4 heteroatoms. The highest BCUT2D eigenvalue weighted by atomic mass is 127. The Morgan fingerprint density at radius 3 is 2.61 bits per heavy atom. The molecule has 18 heavy (non-hydrogen) atoms. The number of methoxy groups -OCH3 is 1. The summed E-state index contributed by atoms with van der Waals surface area (Å²) >= 11 is 8.53. The summed E-state index contributed by atoms with van der Waals surface area (Å²) in [5.74, 6) is 0.135. The fraction of sp³-hybridized carbons (Fsp3) is 0.143. The van der Waals surface area contributed by atoms with E-state index in [-0.39, 0.29) is 5.82 Å². The zero-order valence-corrected chi connectivity index (χ0v) is 12.6. The summed E-state index contributed by atoms with van der Waals surface area (Å²) in [6.45, 7) is 0. The molecule has 0 aliphatic carbocycles. The molecule has 0 saturated heterocycles. The molecule has 2 aromatic rings. The Bertz CT molecular complexity index is 559. The molecule has 0 aromatic heterocycles. The SMILES string of the molecule is COc1ccc(C(Cl)c2cccc(I)c2)c(F)c1. The second-order valence-electron chi connectivity index (χ2n) is 3.81. The van der Waals surface area contributed by atoms with Crippen molar-refractivity contribution in [2.75, 3.05) is 7.11 Å². The Labute approximate surface area is 124 Å². The first-order chi connectivity index (χ1) is 8.61. The Kier molecular flexibility index (Phi) is 4.45. The van der Waals surface area contributed by atoms with Gasteiger partial charge in [0.1, 0.15) is 11.6 Å². The monoisotopic (exact) mass is 376 g/mol. The summed E-state index contributed by atoms with van der Waals surface area (Å²) < 4.78 is 20.0. The van der Waals surface area contributed by atoms with Gasteiger partial charge in [-0.1, -0.05) is 18.2 Å². The van der Waals surface area contributed by atoms with Crippen LogP contribution in [0.25, 0.3) is 0 Å². The summed E-state index contributed by atoms with van der Waals surface area (Å²) in [5, 5.41) is -0.495. The standard InChI is InChI=1S/C14H11ClFIO/c1-18-11-5-6-12(13(16)8-11)14(15)9-3-2-4-10(17)7-9/h2-8,14H,1H3. The van der Waals surface area contributed by atoms with E-state index in [9.17, 15) is 4.39 Å². The van der Waals surface area contributed by atoms with Gasteiger partial charge in [-0.15, -0.1) is 11.6 Å². The van der Waals surface area contributed by atoms with E-state index in [2.05, 4.69) is 22.6 Å². The third-order valence-corrected chi connectivity index (χ3v) is 3.78. The highest BCUT2D eigenvalue weighted by Crippen LogP contribution is 2.32. The second-order valence-corrected chi connectivity index (χ2v) is 5.49. The van der Waals surface area contributed by atoms with Gasteiger partial charge < -0.3 is 4.74 Å². The first-order valence-corrected chi connectivity index (χ1v) is 6.86. The molecule has 0 amide bonds. The number of hydrogen-bond acceptors (Lipinski definition) is 1. The molecule has 0 saturated carbocycles. The van der Waals surface area contributed by atoms with Gasteiger partial charge in [-0.05, 0) is 46.4 Å². The van der Waals surface area contributed by atoms with Crippen molar-refractivity contribution in [3.8, 4) is 5.75 Å². The molecular weight excluding hydrogens is 366 g/mol. The average Bonchev–Trinajstić information content (AvgIpc) is 2.37. The summed E-state index contributed by atoms with van der Waals surface area (Å²) in [7, 11) is 1.51. The fourth-order valence-electron chi connectivity index (χ4n) is 1.68. The van der Waals surface area contributed by atoms with Gasteiger partial charge in [0.25, 0.3) is 0 Å². The number of benzene rings is 2. The van der Waals surface area contributed by atoms with Crippen LogP contribution < -0.4 is 4.74 Å². The van der Waals surface area contributed by atoms with Gasteiger partial charge in [0.05, 0.1) is 12.5 Å². The van der Waals surface area contributed by atoms with Crippen LogP contribution >= 0.6 is 34.2 Å². The lowest BCUT2D eigenvalue weighted by Crippen LogP contribution is -1.98. The predicted octanol–water partition coefficient (Wildman–Crippen LogP) is 4.77. The Morgan fingerprint density at radius 2 is 2.00 bits per heavy atom. The highest BCUT2D eigenvalue weighted by Gasteiger charge is 2.16. The summed E-state index contributed by atoms with van der Waals surface area (Å²) in [5.41, 5.74) is 1.34. The van der Waals surface area contributed by atoms with Crippen molar-refractivity contribution in [3.63, 3.8) is 0 Å². The third kappa shape index (κ3) is 2.95. The van der Waals surface area contributed by atoms with E-state index < -0.39 is 5.38 Å². The van der Waals surface area contributed by atoms with Crippen molar-refractivity contribution in [2.24, 2.45) is 0 Å². The van der Waals surface area contributed by atoms with E-state index in [4.69, 9.17) is 16.3 Å². The Hall–Kier alpha value is -0.810. The fourth-order valence-corrected chi connectivity index (χ4v) is 2.56. The van der Waals surface area contributed by atoms with Crippen molar-refractivity contribution in [1.82, 2.24) is 0 Å². The molecule has 0 radical (unpaired) electrons. The molecule has 1 unspecified atom stereocenters. The maximum absolute atomic E-state index is 13.9. The van der Waals surface area contributed by atoms with Crippen LogP contribution in [-0.4, -0.2) is 7.11 Å². The third-order valence-electron chi connectivity index (χ3n) is 2.62. The minimum atomic E-state index is -0.495. The van der Waals surface area contributed by atoms with Crippen LogP contribution in [-0.2, 0) is 0 Å². The van der Waals surface area contributed by atoms with Crippen LogP contribution in [0.1, 0.15) is 16.5 Å². The second kappa shape index (κ2) is 5.89. The molecule has 2 rings (SSSR count). The van der Waals surface area contributed by atoms with Crippen LogP contribution in [0.2, 0.25) is 0 Å². The zero-order chi connectivity index (χ0) is 13.1. The van der Waals surface area contributed by atoms with Gasteiger partial charge in [-0.25, -0.2) is 4.39 Å². The number of hydrogen-bond donors (Lipinski definition) is 0. The number of ether oxygens (including phenoxy) is 1. The molecule has 2 aromatic carbocycles. The molecule has 1 atom stereocenters. The van der Waals surface area contributed by atoms with Crippen molar-refractivity contribution >= 4 is 34.2 Å². The number of halogens is 3. The quantitative estimate of drug-likeness (QED) is 0.554. The van der Waals surface area contributed by atoms with Gasteiger partial charge in [-0.3, -0.25) is 0 Å². The summed E-state index contributed by atoms with van der Waals surface area (Å²) in [4.78, 5) is 0. The molecule has 0 N–H and O–H groups in total. The van der Waals surface area contributed by atoms with E-state index in [0.29, 0.717) is 11.3 Å². The predicted molar refractivity (Wildman–Crippen MR) is 79.8 cm³/mol.